The summed E-state index contributed by atoms with van der Waals surface area (Å²) in [5.74, 6) is 1.06. The molecule has 0 bridgehead atoms. The third-order valence-corrected chi connectivity index (χ3v) is 6.53. The molecule has 1 atom stereocenters. The summed E-state index contributed by atoms with van der Waals surface area (Å²) >= 11 is 1.79. The fourth-order valence-electron chi connectivity index (χ4n) is 3.84. The number of imidazole rings is 1. The van der Waals surface area contributed by atoms with Crippen LogP contribution in [0.3, 0.4) is 0 Å². The van der Waals surface area contributed by atoms with Crippen molar-refractivity contribution in [3.05, 3.63) is 59.1 Å². The van der Waals surface area contributed by atoms with E-state index >= 15 is 0 Å². The highest BCUT2D eigenvalue weighted by molar-refractivity contribution is 7.15. The lowest BCUT2D eigenvalue weighted by Crippen LogP contribution is -2.35. The average molecular weight is 383 g/mol. The Labute approximate surface area is 164 Å². The minimum Gasteiger partial charge on any atom is -0.385 e. The highest BCUT2D eigenvalue weighted by Gasteiger charge is 2.28. The number of hydrogen-bond acceptors (Lipinski definition) is 5. The topological polar surface area (TPSA) is 54.2 Å². The smallest absolute Gasteiger partial charge is 0.137 e. The van der Waals surface area contributed by atoms with Gasteiger partial charge in [0.1, 0.15) is 16.9 Å². The van der Waals surface area contributed by atoms with Gasteiger partial charge in [0.2, 0.25) is 0 Å². The van der Waals surface area contributed by atoms with Crippen molar-refractivity contribution in [1.82, 2.24) is 19.4 Å². The van der Waals surface area contributed by atoms with Crippen molar-refractivity contribution in [3.63, 3.8) is 0 Å². The van der Waals surface area contributed by atoms with Gasteiger partial charge >= 0.3 is 0 Å². The second-order valence-corrected chi connectivity index (χ2v) is 8.52. The molecule has 3 heterocycles. The van der Waals surface area contributed by atoms with Gasteiger partial charge in [-0.25, -0.2) is 9.97 Å². The zero-order valence-electron chi connectivity index (χ0n) is 15.9. The standard InChI is InChI=1S/C21H26N4OS/c1-15-5-3-4-6-18(15)21-23-13-17(27-21)14-25-10-7-16(8-11-25)19(26)20-22-9-12-24(20)2/h3-6,9,12-13,16,19,26H,7-8,10-11,14H2,1-2H3/t19-/m0/s1. The number of nitrogens with zero attached hydrogens (tertiary/aromatic N) is 4. The molecule has 1 aliphatic rings. The Morgan fingerprint density at radius 2 is 2.00 bits per heavy atom. The van der Waals surface area contributed by atoms with Gasteiger partial charge < -0.3 is 9.67 Å². The predicted molar refractivity (Wildman–Crippen MR) is 108 cm³/mol. The summed E-state index contributed by atoms with van der Waals surface area (Å²) in [5.41, 5.74) is 2.49. The molecule has 1 N–H and O–H groups in total. The first-order valence-electron chi connectivity index (χ1n) is 9.50. The molecule has 0 radical (unpaired) electrons. The lowest BCUT2D eigenvalue weighted by Gasteiger charge is -2.33. The minimum atomic E-state index is -0.469. The van der Waals surface area contributed by atoms with E-state index < -0.39 is 6.10 Å². The van der Waals surface area contributed by atoms with E-state index in [1.165, 1.54) is 16.0 Å². The van der Waals surface area contributed by atoms with Gasteiger partial charge in [0.15, 0.2) is 0 Å². The van der Waals surface area contributed by atoms with Crippen LogP contribution in [0.1, 0.15) is 35.2 Å². The Kier molecular flexibility index (Phi) is 5.38. The molecule has 3 aromatic rings. The predicted octanol–water partition coefficient (Wildman–Crippen LogP) is 3.80. The molecule has 0 amide bonds. The molecule has 1 aromatic carbocycles. The molecule has 1 saturated heterocycles. The van der Waals surface area contributed by atoms with E-state index in [1.54, 1.807) is 17.5 Å². The van der Waals surface area contributed by atoms with Crippen molar-refractivity contribution in [2.45, 2.75) is 32.4 Å². The van der Waals surface area contributed by atoms with E-state index in [4.69, 9.17) is 0 Å². The number of hydrogen-bond donors (Lipinski definition) is 1. The van der Waals surface area contributed by atoms with Crippen molar-refractivity contribution in [2.75, 3.05) is 13.1 Å². The molecule has 142 valence electrons. The molecule has 0 spiro atoms. The van der Waals surface area contributed by atoms with E-state index in [0.29, 0.717) is 0 Å². The van der Waals surface area contributed by atoms with Crippen molar-refractivity contribution in [3.8, 4) is 10.6 Å². The van der Waals surface area contributed by atoms with E-state index in [1.807, 2.05) is 24.0 Å². The Morgan fingerprint density at radius 1 is 1.22 bits per heavy atom. The number of benzene rings is 1. The number of rotatable bonds is 5. The number of aryl methyl sites for hydroxylation is 2. The Balaban J connectivity index is 1.35. The first-order chi connectivity index (χ1) is 13.1. The quantitative estimate of drug-likeness (QED) is 0.729. The zero-order chi connectivity index (χ0) is 18.8. The van der Waals surface area contributed by atoms with E-state index in [2.05, 4.69) is 46.1 Å². The lowest BCUT2D eigenvalue weighted by atomic mass is 9.90. The van der Waals surface area contributed by atoms with Gasteiger partial charge in [0.05, 0.1) is 0 Å². The van der Waals surface area contributed by atoms with Gasteiger partial charge in [-0.15, -0.1) is 11.3 Å². The van der Waals surface area contributed by atoms with Crippen LogP contribution in [0.2, 0.25) is 0 Å². The van der Waals surface area contributed by atoms with Gasteiger partial charge in [0, 0.05) is 42.6 Å². The number of aromatic nitrogens is 3. The van der Waals surface area contributed by atoms with Gasteiger partial charge in [-0.3, -0.25) is 4.90 Å². The molecular formula is C21H26N4OS. The third kappa shape index (κ3) is 3.98. The monoisotopic (exact) mass is 382 g/mol. The number of likely N-dealkylation sites (tertiary alicyclic amines) is 1. The van der Waals surface area contributed by atoms with E-state index in [-0.39, 0.29) is 5.92 Å². The maximum atomic E-state index is 10.6. The summed E-state index contributed by atoms with van der Waals surface area (Å²) in [5, 5.41) is 11.7. The van der Waals surface area contributed by atoms with Crippen LogP contribution in [0.15, 0.2) is 42.9 Å². The van der Waals surface area contributed by atoms with Gasteiger partial charge in [-0.2, -0.15) is 0 Å². The number of aliphatic hydroxyl groups is 1. The molecule has 1 fully saturated rings. The molecule has 5 nitrogen and oxygen atoms in total. The van der Waals surface area contributed by atoms with Crippen LogP contribution < -0.4 is 0 Å². The van der Waals surface area contributed by atoms with Crippen LogP contribution in [-0.2, 0) is 13.6 Å². The van der Waals surface area contributed by atoms with Crippen molar-refractivity contribution in [2.24, 2.45) is 13.0 Å². The highest BCUT2D eigenvalue weighted by atomic mass is 32.1. The second-order valence-electron chi connectivity index (χ2n) is 7.40. The summed E-state index contributed by atoms with van der Waals surface area (Å²) in [6, 6.07) is 8.41. The number of piperidine rings is 1. The van der Waals surface area contributed by atoms with Crippen LogP contribution in [-0.4, -0.2) is 37.6 Å². The van der Waals surface area contributed by atoms with Gasteiger partial charge in [0.25, 0.3) is 0 Å². The molecule has 1 aliphatic heterocycles. The summed E-state index contributed by atoms with van der Waals surface area (Å²) in [6.07, 6.45) is 7.19. The van der Waals surface area contributed by atoms with Crippen LogP contribution in [0.5, 0.6) is 0 Å². The normalized spacial score (nSPS) is 17.3. The van der Waals surface area contributed by atoms with Crippen LogP contribution >= 0.6 is 11.3 Å². The Morgan fingerprint density at radius 3 is 2.70 bits per heavy atom. The maximum absolute atomic E-state index is 10.6. The highest BCUT2D eigenvalue weighted by Crippen LogP contribution is 2.32. The van der Waals surface area contributed by atoms with Crippen molar-refractivity contribution >= 4 is 11.3 Å². The lowest BCUT2D eigenvalue weighted by molar-refractivity contribution is 0.0494. The second kappa shape index (κ2) is 7.92. The number of thiazole rings is 1. The fraction of sp³-hybridized carbons (Fsp3) is 0.429. The molecule has 0 saturated carbocycles. The summed E-state index contributed by atoms with van der Waals surface area (Å²) in [7, 11) is 1.94. The van der Waals surface area contributed by atoms with Gasteiger partial charge in [-0.05, 0) is 44.3 Å². The molecule has 4 rings (SSSR count). The molecule has 2 aromatic heterocycles. The van der Waals surface area contributed by atoms with E-state index in [0.717, 1.165) is 43.3 Å². The van der Waals surface area contributed by atoms with Crippen LogP contribution in [0.25, 0.3) is 10.6 Å². The average Bonchev–Trinajstić information content (AvgIpc) is 3.31. The molecule has 6 heteroatoms. The van der Waals surface area contributed by atoms with Crippen molar-refractivity contribution in [1.29, 1.82) is 0 Å². The minimum absolute atomic E-state index is 0.284. The Hall–Kier alpha value is -2.02. The first-order valence-corrected chi connectivity index (χ1v) is 10.3. The van der Waals surface area contributed by atoms with Crippen molar-refractivity contribution < 1.29 is 5.11 Å². The molecular weight excluding hydrogens is 356 g/mol. The summed E-state index contributed by atoms with van der Waals surface area (Å²) in [4.78, 5) is 12.7. The molecule has 0 unspecified atom stereocenters. The number of aliphatic hydroxyl groups excluding tert-OH is 1. The molecule has 27 heavy (non-hydrogen) atoms. The van der Waals surface area contributed by atoms with Crippen LogP contribution in [0.4, 0.5) is 0 Å². The third-order valence-electron chi connectivity index (χ3n) is 5.51. The fourth-order valence-corrected chi connectivity index (χ4v) is 4.88. The summed E-state index contributed by atoms with van der Waals surface area (Å²) < 4.78 is 1.92. The summed E-state index contributed by atoms with van der Waals surface area (Å²) in [6.45, 7) is 5.08. The van der Waals surface area contributed by atoms with Crippen LogP contribution in [0, 0.1) is 12.8 Å². The maximum Gasteiger partial charge on any atom is 0.137 e. The first kappa shape index (κ1) is 18.3. The largest absolute Gasteiger partial charge is 0.385 e. The van der Waals surface area contributed by atoms with Gasteiger partial charge in [-0.1, -0.05) is 24.3 Å². The Bertz CT molecular complexity index is 895. The molecule has 0 aliphatic carbocycles. The van der Waals surface area contributed by atoms with E-state index in [9.17, 15) is 5.11 Å². The SMILES string of the molecule is Cc1ccccc1-c1ncc(CN2CCC([C@H](O)c3nccn3C)CC2)s1. The zero-order valence-corrected chi connectivity index (χ0v) is 16.7.